The molecule has 0 fully saturated rings. The van der Waals surface area contributed by atoms with Crippen molar-refractivity contribution in [1.29, 1.82) is 0 Å². The Balaban J connectivity index is 1.76. The Hall–Kier alpha value is -2.42. The van der Waals surface area contributed by atoms with Crippen LogP contribution in [0.1, 0.15) is 41.3 Å². The van der Waals surface area contributed by atoms with Crippen molar-refractivity contribution < 1.29 is 9.59 Å². The average molecular weight is 295 g/mol. The van der Waals surface area contributed by atoms with Crippen LogP contribution < -0.4 is 5.32 Å². The minimum atomic E-state index is -0.0950. The van der Waals surface area contributed by atoms with Gasteiger partial charge in [0.1, 0.15) is 0 Å². The molecule has 0 saturated carbocycles. The minimum Gasteiger partial charge on any atom is -0.352 e. The van der Waals surface area contributed by atoms with Gasteiger partial charge >= 0.3 is 0 Å². The highest BCUT2D eigenvalue weighted by molar-refractivity contribution is 5.97. The fraction of sp³-hybridized carbons (Fsp3) is 0.263. The second kappa shape index (κ2) is 8.13. The summed E-state index contributed by atoms with van der Waals surface area (Å²) in [7, 11) is 0. The highest BCUT2D eigenvalue weighted by Crippen LogP contribution is 2.09. The summed E-state index contributed by atoms with van der Waals surface area (Å²) >= 11 is 0. The summed E-state index contributed by atoms with van der Waals surface area (Å²) in [6, 6.07) is 17.3. The third kappa shape index (κ3) is 4.85. The molecule has 0 saturated heterocycles. The summed E-state index contributed by atoms with van der Waals surface area (Å²) in [5.41, 5.74) is 2.93. The maximum absolute atomic E-state index is 12.0. The van der Waals surface area contributed by atoms with Crippen LogP contribution in [0.3, 0.4) is 0 Å². The van der Waals surface area contributed by atoms with Crippen molar-refractivity contribution in [2.24, 2.45) is 0 Å². The number of benzene rings is 2. The lowest BCUT2D eigenvalue weighted by Gasteiger charge is -2.05. The lowest BCUT2D eigenvalue weighted by Crippen LogP contribution is -2.23. The normalized spacial score (nSPS) is 10.2. The zero-order chi connectivity index (χ0) is 15.8. The van der Waals surface area contributed by atoms with Gasteiger partial charge in [-0.1, -0.05) is 61.5 Å². The summed E-state index contributed by atoms with van der Waals surface area (Å²) in [4.78, 5) is 23.8. The molecule has 2 rings (SSSR count). The van der Waals surface area contributed by atoms with Crippen LogP contribution in [-0.2, 0) is 17.8 Å². The molecule has 0 aliphatic rings. The van der Waals surface area contributed by atoms with Crippen molar-refractivity contribution in [2.45, 2.75) is 32.7 Å². The maximum Gasteiger partial charge on any atom is 0.220 e. The molecule has 0 spiro atoms. The molecule has 0 aliphatic carbocycles. The Morgan fingerprint density at radius 3 is 2.18 bits per heavy atom. The number of Topliss-reactive ketones (excluding diaryl/α,β-unsaturated/α-hetero) is 1. The number of hydrogen-bond acceptors (Lipinski definition) is 2. The molecule has 0 heterocycles. The highest BCUT2D eigenvalue weighted by Gasteiger charge is 2.09. The molecule has 0 aromatic heterocycles. The third-order valence-electron chi connectivity index (χ3n) is 3.60. The van der Waals surface area contributed by atoms with E-state index in [4.69, 9.17) is 0 Å². The van der Waals surface area contributed by atoms with Crippen LogP contribution >= 0.6 is 0 Å². The fourth-order valence-corrected chi connectivity index (χ4v) is 2.18. The molecule has 0 aliphatic heterocycles. The van der Waals surface area contributed by atoms with Gasteiger partial charge in [-0.05, 0) is 17.5 Å². The zero-order valence-corrected chi connectivity index (χ0v) is 12.8. The van der Waals surface area contributed by atoms with E-state index < -0.39 is 0 Å². The van der Waals surface area contributed by atoms with Gasteiger partial charge in [0.2, 0.25) is 5.91 Å². The van der Waals surface area contributed by atoms with Gasteiger partial charge in [-0.2, -0.15) is 0 Å². The Labute approximate surface area is 131 Å². The number of carbonyl (C=O) groups is 2. The fourth-order valence-electron chi connectivity index (χ4n) is 2.18. The van der Waals surface area contributed by atoms with Crippen LogP contribution in [0.5, 0.6) is 0 Å². The first-order valence-corrected chi connectivity index (χ1v) is 7.62. The Morgan fingerprint density at radius 2 is 1.55 bits per heavy atom. The first kappa shape index (κ1) is 16.0. The van der Waals surface area contributed by atoms with E-state index in [2.05, 4.69) is 12.2 Å². The lowest BCUT2D eigenvalue weighted by atomic mass is 10.0. The van der Waals surface area contributed by atoms with Gasteiger partial charge in [-0.25, -0.2) is 0 Å². The van der Waals surface area contributed by atoms with Gasteiger partial charge in [0.25, 0.3) is 0 Å². The van der Waals surface area contributed by atoms with Gasteiger partial charge in [0.05, 0.1) is 0 Å². The number of rotatable bonds is 7. The average Bonchev–Trinajstić information content (AvgIpc) is 2.58. The Kier molecular flexibility index (Phi) is 5.90. The third-order valence-corrected chi connectivity index (χ3v) is 3.60. The van der Waals surface area contributed by atoms with Crippen LogP contribution in [0, 0.1) is 0 Å². The molecule has 3 nitrogen and oxygen atoms in total. The van der Waals surface area contributed by atoms with Crippen molar-refractivity contribution >= 4 is 11.7 Å². The van der Waals surface area contributed by atoms with E-state index in [0.717, 1.165) is 12.0 Å². The van der Waals surface area contributed by atoms with Crippen molar-refractivity contribution in [3.05, 3.63) is 71.3 Å². The summed E-state index contributed by atoms with van der Waals surface area (Å²) in [5.74, 6) is -0.0834. The van der Waals surface area contributed by atoms with Crippen LogP contribution in [0.15, 0.2) is 54.6 Å². The van der Waals surface area contributed by atoms with E-state index in [9.17, 15) is 9.59 Å². The zero-order valence-electron chi connectivity index (χ0n) is 12.8. The number of aryl methyl sites for hydroxylation is 1. The highest BCUT2D eigenvalue weighted by atomic mass is 16.2. The number of nitrogens with one attached hydrogen (secondary N) is 1. The van der Waals surface area contributed by atoms with Crippen LogP contribution in [0.4, 0.5) is 0 Å². The molecular weight excluding hydrogens is 274 g/mol. The largest absolute Gasteiger partial charge is 0.352 e. The van der Waals surface area contributed by atoms with E-state index in [-0.39, 0.29) is 24.5 Å². The molecule has 1 N–H and O–H groups in total. The van der Waals surface area contributed by atoms with Gasteiger partial charge < -0.3 is 5.32 Å². The van der Waals surface area contributed by atoms with E-state index in [1.165, 1.54) is 5.56 Å². The molecule has 0 radical (unpaired) electrons. The van der Waals surface area contributed by atoms with E-state index in [1.54, 1.807) is 0 Å². The number of amides is 1. The Morgan fingerprint density at radius 1 is 0.864 bits per heavy atom. The molecule has 0 atom stereocenters. The summed E-state index contributed by atoms with van der Waals surface area (Å²) < 4.78 is 0. The monoisotopic (exact) mass is 295 g/mol. The number of ketones is 1. The van der Waals surface area contributed by atoms with Gasteiger partial charge in [-0.3, -0.25) is 9.59 Å². The number of carbonyl (C=O) groups excluding carboxylic acids is 2. The Bertz CT molecular complexity index is 618. The molecule has 1 amide bonds. The van der Waals surface area contributed by atoms with Crippen molar-refractivity contribution in [3.8, 4) is 0 Å². The second-order valence-corrected chi connectivity index (χ2v) is 5.24. The molecule has 2 aromatic rings. The van der Waals surface area contributed by atoms with Gasteiger partial charge in [0.15, 0.2) is 5.78 Å². The molecule has 114 valence electrons. The smallest absolute Gasteiger partial charge is 0.220 e. The predicted molar refractivity (Wildman–Crippen MR) is 87.7 cm³/mol. The van der Waals surface area contributed by atoms with Crippen LogP contribution in [0.2, 0.25) is 0 Å². The quantitative estimate of drug-likeness (QED) is 0.794. The molecule has 2 aromatic carbocycles. The maximum atomic E-state index is 12.0. The lowest BCUT2D eigenvalue weighted by molar-refractivity contribution is -0.121. The van der Waals surface area contributed by atoms with Crippen molar-refractivity contribution in [1.82, 2.24) is 5.32 Å². The van der Waals surface area contributed by atoms with Crippen molar-refractivity contribution in [3.63, 3.8) is 0 Å². The standard InChI is InChI=1S/C19H21NO2/c1-2-15-8-10-17(11-9-15)18(21)12-13-19(22)20-14-16-6-4-3-5-7-16/h3-11H,2,12-14H2,1H3,(H,20,22). The molecule has 3 heteroatoms. The second-order valence-electron chi connectivity index (χ2n) is 5.24. The van der Waals surface area contributed by atoms with E-state index >= 15 is 0 Å². The SMILES string of the molecule is CCc1ccc(C(=O)CCC(=O)NCc2ccccc2)cc1. The van der Waals surface area contributed by atoms with Crippen molar-refractivity contribution in [2.75, 3.05) is 0 Å². The van der Waals surface area contributed by atoms with E-state index in [0.29, 0.717) is 12.1 Å². The first-order valence-electron chi connectivity index (χ1n) is 7.62. The minimum absolute atomic E-state index is 0.0116. The molecule has 22 heavy (non-hydrogen) atoms. The van der Waals surface area contributed by atoms with Gasteiger partial charge in [0, 0.05) is 24.9 Å². The number of hydrogen-bond donors (Lipinski definition) is 1. The molecule has 0 unspecified atom stereocenters. The first-order chi connectivity index (χ1) is 10.7. The summed E-state index contributed by atoms with van der Waals surface area (Å²) in [6.07, 6.45) is 1.42. The predicted octanol–water partition coefficient (Wildman–Crippen LogP) is 3.53. The molecule has 0 bridgehead atoms. The van der Waals surface area contributed by atoms with Crippen LogP contribution in [0.25, 0.3) is 0 Å². The van der Waals surface area contributed by atoms with Gasteiger partial charge in [-0.15, -0.1) is 0 Å². The van der Waals surface area contributed by atoms with E-state index in [1.807, 2.05) is 54.6 Å². The molecular formula is C19H21NO2. The topological polar surface area (TPSA) is 46.2 Å². The van der Waals surface area contributed by atoms with Crippen LogP contribution in [-0.4, -0.2) is 11.7 Å². The summed E-state index contributed by atoms with van der Waals surface area (Å²) in [6.45, 7) is 2.58. The summed E-state index contributed by atoms with van der Waals surface area (Å²) in [5, 5.41) is 2.83.